The number of benzene rings is 3. The molecule has 0 heterocycles. The quantitative estimate of drug-likeness (QED) is 0.536. The second kappa shape index (κ2) is 10.2. The highest BCUT2D eigenvalue weighted by atomic mass is 16.5. The molecule has 25 heavy (non-hydrogen) atoms. The van der Waals surface area contributed by atoms with Gasteiger partial charge in [-0.15, -0.1) is 0 Å². The molecule has 0 fully saturated rings. The molecule has 0 aliphatic heterocycles. The molecule has 2 nitrogen and oxygen atoms in total. The summed E-state index contributed by atoms with van der Waals surface area (Å²) in [5.41, 5.74) is 3.44. The van der Waals surface area contributed by atoms with E-state index in [4.69, 9.17) is 9.47 Å². The van der Waals surface area contributed by atoms with Crippen LogP contribution in [-0.2, 0) is 13.2 Å². The van der Waals surface area contributed by atoms with E-state index in [1.165, 1.54) is 0 Å². The SMILES string of the molecule is CC.Cc1ccc(OCc2ccccc2)c(OCc2ccccc2)c1. The van der Waals surface area contributed by atoms with E-state index in [9.17, 15) is 0 Å². The molecule has 0 aliphatic carbocycles. The van der Waals surface area contributed by atoms with Gasteiger partial charge in [0.25, 0.3) is 0 Å². The van der Waals surface area contributed by atoms with E-state index in [1.54, 1.807) is 0 Å². The topological polar surface area (TPSA) is 18.5 Å². The second-order valence-corrected chi connectivity index (χ2v) is 5.50. The molecule has 0 amide bonds. The second-order valence-electron chi connectivity index (χ2n) is 5.50. The summed E-state index contributed by atoms with van der Waals surface area (Å²) >= 11 is 0. The Morgan fingerprint density at radius 2 is 1.08 bits per heavy atom. The van der Waals surface area contributed by atoms with Gasteiger partial charge in [-0.3, -0.25) is 0 Å². The summed E-state index contributed by atoms with van der Waals surface area (Å²) in [7, 11) is 0. The normalized spacial score (nSPS) is 9.72. The van der Waals surface area contributed by atoms with E-state index in [2.05, 4.69) is 31.2 Å². The van der Waals surface area contributed by atoms with Crippen molar-refractivity contribution in [1.82, 2.24) is 0 Å². The Labute approximate surface area is 151 Å². The van der Waals surface area contributed by atoms with Crippen LogP contribution < -0.4 is 9.47 Å². The fraction of sp³-hybridized carbons (Fsp3) is 0.217. The smallest absolute Gasteiger partial charge is 0.161 e. The lowest BCUT2D eigenvalue weighted by Crippen LogP contribution is -2.00. The van der Waals surface area contributed by atoms with Crippen molar-refractivity contribution in [2.75, 3.05) is 0 Å². The summed E-state index contributed by atoms with van der Waals surface area (Å²) in [4.78, 5) is 0. The fourth-order valence-corrected chi connectivity index (χ4v) is 2.32. The summed E-state index contributed by atoms with van der Waals surface area (Å²) in [6.45, 7) is 7.12. The summed E-state index contributed by atoms with van der Waals surface area (Å²) in [5.74, 6) is 1.56. The predicted molar refractivity (Wildman–Crippen MR) is 104 cm³/mol. The van der Waals surface area contributed by atoms with E-state index in [-0.39, 0.29) is 0 Å². The van der Waals surface area contributed by atoms with Crippen molar-refractivity contribution in [3.05, 3.63) is 95.6 Å². The molecule has 0 N–H and O–H groups in total. The molecule has 3 aromatic carbocycles. The summed E-state index contributed by atoms with van der Waals surface area (Å²) in [6, 6.07) is 26.3. The molecular formula is C23H26O2. The minimum absolute atomic E-state index is 0.533. The van der Waals surface area contributed by atoms with Crippen LogP contribution in [0.2, 0.25) is 0 Å². The average molecular weight is 334 g/mol. The van der Waals surface area contributed by atoms with Crippen molar-refractivity contribution in [2.45, 2.75) is 34.0 Å². The third-order valence-corrected chi connectivity index (χ3v) is 3.57. The monoisotopic (exact) mass is 334 g/mol. The van der Waals surface area contributed by atoms with Gasteiger partial charge in [-0.05, 0) is 35.7 Å². The van der Waals surface area contributed by atoms with E-state index >= 15 is 0 Å². The molecule has 130 valence electrons. The molecule has 0 aliphatic rings. The summed E-state index contributed by atoms with van der Waals surface area (Å²) in [5, 5.41) is 0. The maximum absolute atomic E-state index is 5.97. The first-order chi connectivity index (χ1) is 12.3. The summed E-state index contributed by atoms with van der Waals surface area (Å²) < 4.78 is 11.9. The van der Waals surface area contributed by atoms with Gasteiger partial charge in [-0.1, -0.05) is 80.6 Å². The van der Waals surface area contributed by atoms with E-state index < -0.39 is 0 Å². The van der Waals surface area contributed by atoms with Crippen LogP contribution in [0, 0.1) is 6.92 Å². The molecule has 0 spiro atoms. The van der Waals surface area contributed by atoms with Gasteiger partial charge in [0, 0.05) is 0 Å². The standard InChI is InChI=1S/C21H20O2.C2H6/c1-17-12-13-20(22-15-18-8-4-2-5-9-18)21(14-17)23-16-19-10-6-3-7-11-19;1-2/h2-14H,15-16H2,1H3;1-2H3. The molecule has 3 rings (SSSR count). The first kappa shape index (κ1) is 18.6. The number of hydrogen-bond donors (Lipinski definition) is 0. The Kier molecular flexibility index (Phi) is 7.58. The first-order valence-corrected chi connectivity index (χ1v) is 8.75. The molecule has 0 saturated heterocycles. The van der Waals surface area contributed by atoms with Crippen molar-refractivity contribution in [3.8, 4) is 11.5 Å². The minimum atomic E-state index is 0.533. The van der Waals surface area contributed by atoms with Crippen LogP contribution in [-0.4, -0.2) is 0 Å². The van der Waals surface area contributed by atoms with E-state index in [0.29, 0.717) is 13.2 Å². The number of rotatable bonds is 6. The Morgan fingerprint density at radius 3 is 1.60 bits per heavy atom. The van der Waals surface area contributed by atoms with Crippen LogP contribution >= 0.6 is 0 Å². The average Bonchev–Trinajstić information content (AvgIpc) is 2.69. The zero-order chi connectivity index (χ0) is 17.9. The zero-order valence-corrected chi connectivity index (χ0v) is 15.2. The molecule has 0 aromatic heterocycles. The van der Waals surface area contributed by atoms with Gasteiger partial charge in [0.05, 0.1) is 0 Å². The Balaban J connectivity index is 0.00000109. The maximum atomic E-state index is 5.97. The Bertz CT molecular complexity index is 737. The van der Waals surface area contributed by atoms with Gasteiger partial charge in [0.2, 0.25) is 0 Å². The van der Waals surface area contributed by atoms with Gasteiger partial charge in [-0.2, -0.15) is 0 Å². The van der Waals surface area contributed by atoms with Crippen molar-refractivity contribution in [3.63, 3.8) is 0 Å². The third kappa shape index (κ3) is 6.00. The molecule has 0 atom stereocenters. The third-order valence-electron chi connectivity index (χ3n) is 3.57. The highest BCUT2D eigenvalue weighted by molar-refractivity contribution is 5.43. The lowest BCUT2D eigenvalue weighted by molar-refractivity contribution is 0.256. The van der Waals surface area contributed by atoms with Gasteiger partial charge in [-0.25, -0.2) is 0 Å². The zero-order valence-electron chi connectivity index (χ0n) is 15.2. The minimum Gasteiger partial charge on any atom is -0.485 e. The van der Waals surface area contributed by atoms with Crippen LogP contribution in [0.3, 0.4) is 0 Å². The lowest BCUT2D eigenvalue weighted by atomic mass is 10.2. The highest BCUT2D eigenvalue weighted by Gasteiger charge is 2.06. The van der Waals surface area contributed by atoms with E-state index in [0.717, 1.165) is 28.2 Å². The maximum Gasteiger partial charge on any atom is 0.161 e. The molecule has 0 saturated carbocycles. The molecule has 0 unspecified atom stereocenters. The number of aryl methyl sites for hydroxylation is 1. The van der Waals surface area contributed by atoms with Crippen LogP contribution in [0.1, 0.15) is 30.5 Å². The van der Waals surface area contributed by atoms with Crippen LogP contribution in [0.4, 0.5) is 0 Å². The number of hydrogen-bond acceptors (Lipinski definition) is 2. The van der Waals surface area contributed by atoms with Crippen molar-refractivity contribution in [2.24, 2.45) is 0 Å². The van der Waals surface area contributed by atoms with Crippen molar-refractivity contribution < 1.29 is 9.47 Å². The Morgan fingerprint density at radius 1 is 0.600 bits per heavy atom. The molecule has 2 heteroatoms. The highest BCUT2D eigenvalue weighted by Crippen LogP contribution is 2.29. The lowest BCUT2D eigenvalue weighted by Gasteiger charge is -2.14. The molecule has 3 aromatic rings. The van der Waals surface area contributed by atoms with Crippen molar-refractivity contribution in [1.29, 1.82) is 0 Å². The van der Waals surface area contributed by atoms with Gasteiger partial charge in [0.1, 0.15) is 13.2 Å². The van der Waals surface area contributed by atoms with Gasteiger partial charge < -0.3 is 9.47 Å². The van der Waals surface area contributed by atoms with E-state index in [1.807, 2.05) is 68.4 Å². The van der Waals surface area contributed by atoms with Crippen LogP contribution in [0.25, 0.3) is 0 Å². The Hall–Kier alpha value is -2.74. The molecule has 0 radical (unpaired) electrons. The summed E-state index contributed by atoms with van der Waals surface area (Å²) in [6.07, 6.45) is 0. The largest absolute Gasteiger partial charge is 0.485 e. The first-order valence-electron chi connectivity index (χ1n) is 8.75. The van der Waals surface area contributed by atoms with Crippen molar-refractivity contribution >= 4 is 0 Å². The van der Waals surface area contributed by atoms with Crippen LogP contribution in [0.15, 0.2) is 78.9 Å². The predicted octanol–water partition coefficient (Wildman–Crippen LogP) is 6.18. The fourth-order valence-electron chi connectivity index (χ4n) is 2.32. The van der Waals surface area contributed by atoms with Crippen LogP contribution in [0.5, 0.6) is 11.5 Å². The number of ether oxygens (including phenoxy) is 2. The molecular weight excluding hydrogens is 308 g/mol. The van der Waals surface area contributed by atoms with Gasteiger partial charge in [0.15, 0.2) is 11.5 Å². The van der Waals surface area contributed by atoms with Gasteiger partial charge >= 0.3 is 0 Å². The molecule has 0 bridgehead atoms.